The van der Waals surface area contributed by atoms with Crippen molar-refractivity contribution in [1.82, 2.24) is 5.32 Å². The number of nitrogens with zero attached hydrogens (tertiary/aromatic N) is 1. The fourth-order valence-corrected chi connectivity index (χ4v) is 8.41. The van der Waals surface area contributed by atoms with E-state index in [-0.39, 0.29) is 62.5 Å². The van der Waals surface area contributed by atoms with Crippen molar-refractivity contribution in [2.75, 3.05) is 26.3 Å². The molecule has 358 valence electrons. The standard InChI is InChI=1S/C54H68ClN5O7/c1-35(2)26-29-65-48-24-22-37-14-5-8-18-43(37)50(48)51-44-19-9-6-15-38(44)23-25-49(51)66-34-42(61)31-39(16-11-12-27-56)52(63)60-46(21-13-28-59-54(57)58)47(62)32-41(30-36(3)4)53(64)67-33-40-17-7-10-20-45(40)55/h5-10,14-15,17-20,22-25,35-36,39,41,46H,11-13,16,21,26-34,56H2,1-4H3,(H,60,63)(H4,57,58,59)/t39-,41+,46+/m0/s1. The van der Waals surface area contributed by atoms with Crippen molar-refractivity contribution in [1.29, 1.82) is 0 Å². The van der Waals surface area contributed by atoms with Crippen LogP contribution in [0.15, 0.2) is 102 Å². The van der Waals surface area contributed by atoms with E-state index >= 15 is 0 Å². The van der Waals surface area contributed by atoms with Gasteiger partial charge in [-0.15, -0.1) is 0 Å². The minimum atomic E-state index is -0.978. The molecule has 0 bridgehead atoms. The molecule has 0 aromatic heterocycles. The SMILES string of the molecule is CC(C)CCOc1ccc2ccccc2c1-c1c(OCC(=O)C[C@H](CCCCN)C(=O)N[C@H](CCCN=C(N)N)C(=O)C[C@@H](CC(C)C)C(=O)OCc2ccccc2Cl)ccc2ccccc12. The molecular formula is C54H68ClN5O7. The highest BCUT2D eigenvalue weighted by Crippen LogP contribution is 2.45. The molecule has 0 heterocycles. The first-order valence-corrected chi connectivity index (χ1v) is 23.9. The van der Waals surface area contributed by atoms with E-state index in [0.29, 0.717) is 67.5 Å². The van der Waals surface area contributed by atoms with E-state index in [1.807, 2.05) is 68.4 Å². The number of Topliss-reactive ketones (excluding diaryl/α,β-unsaturated/α-hetero) is 2. The molecule has 0 saturated carbocycles. The molecule has 5 aromatic rings. The fourth-order valence-electron chi connectivity index (χ4n) is 8.22. The average molecular weight is 935 g/mol. The van der Waals surface area contributed by atoms with Gasteiger partial charge in [0.15, 0.2) is 17.5 Å². The van der Waals surface area contributed by atoms with Crippen LogP contribution in [0.2, 0.25) is 5.02 Å². The smallest absolute Gasteiger partial charge is 0.309 e. The number of hydrogen-bond acceptors (Lipinski definition) is 9. The van der Waals surface area contributed by atoms with Crippen LogP contribution >= 0.6 is 11.6 Å². The molecule has 5 rings (SSSR count). The number of nitrogens with two attached hydrogens (primary N) is 3. The van der Waals surface area contributed by atoms with E-state index in [1.54, 1.807) is 24.3 Å². The summed E-state index contributed by atoms with van der Waals surface area (Å²) in [5.74, 6) is -1.46. The average Bonchev–Trinajstić information content (AvgIpc) is 3.30. The number of nitrogens with one attached hydrogen (secondary N) is 1. The van der Waals surface area contributed by atoms with Crippen LogP contribution in [0.4, 0.5) is 0 Å². The van der Waals surface area contributed by atoms with Gasteiger partial charge in [0.05, 0.1) is 18.6 Å². The number of hydrogen-bond donors (Lipinski definition) is 4. The largest absolute Gasteiger partial charge is 0.493 e. The van der Waals surface area contributed by atoms with Gasteiger partial charge in [0.2, 0.25) is 5.91 Å². The van der Waals surface area contributed by atoms with Crippen molar-refractivity contribution >= 4 is 62.5 Å². The molecule has 3 atom stereocenters. The molecule has 0 aliphatic rings. The van der Waals surface area contributed by atoms with Gasteiger partial charge in [0.1, 0.15) is 24.7 Å². The van der Waals surface area contributed by atoms with E-state index in [1.165, 1.54) is 0 Å². The molecule has 7 N–H and O–H groups in total. The van der Waals surface area contributed by atoms with Crippen LogP contribution in [0.1, 0.15) is 91.0 Å². The van der Waals surface area contributed by atoms with E-state index in [0.717, 1.165) is 44.8 Å². The summed E-state index contributed by atoms with van der Waals surface area (Å²) >= 11 is 6.31. The zero-order valence-corrected chi connectivity index (χ0v) is 40.2. The van der Waals surface area contributed by atoms with Crippen molar-refractivity contribution in [3.8, 4) is 22.6 Å². The van der Waals surface area contributed by atoms with E-state index in [9.17, 15) is 19.2 Å². The third-order valence-electron chi connectivity index (χ3n) is 11.7. The maximum atomic E-state index is 14.3. The summed E-state index contributed by atoms with van der Waals surface area (Å²) in [6.07, 6.45) is 3.17. The Hall–Kier alpha value is -5.98. The molecule has 1 amide bonds. The summed E-state index contributed by atoms with van der Waals surface area (Å²) in [4.78, 5) is 60.1. The maximum absolute atomic E-state index is 14.3. The number of carbonyl (C=O) groups is 4. The normalized spacial score (nSPS) is 12.7. The topological polar surface area (TPSA) is 198 Å². The van der Waals surface area contributed by atoms with Gasteiger partial charge in [0.25, 0.3) is 0 Å². The highest BCUT2D eigenvalue weighted by Gasteiger charge is 2.32. The summed E-state index contributed by atoms with van der Waals surface area (Å²) in [7, 11) is 0. The fraction of sp³-hybridized carbons (Fsp3) is 0.426. The van der Waals surface area contributed by atoms with Gasteiger partial charge in [-0.25, -0.2) is 0 Å². The van der Waals surface area contributed by atoms with Crippen LogP contribution in [0, 0.1) is 23.7 Å². The second-order valence-electron chi connectivity index (χ2n) is 18.1. The molecule has 0 aliphatic carbocycles. The van der Waals surface area contributed by atoms with Crippen molar-refractivity contribution in [3.63, 3.8) is 0 Å². The second kappa shape index (κ2) is 26.4. The Balaban J connectivity index is 1.37. The monoisotopic (exact) mass is 933 g/mol. The summed E-state index contributed by atoms with van der Waals surface area (Å²) in [5, 5.41) is 7.40. The van der Waals surface area contributed by atoms with E-state index in [2.05, 4.69) is 42.4 Å². The predicted molar refractivity (Wildman–Crippen MR) is 269 cm³/mol. The Bertz CT molecular complexity index is 2470. The number of ketones is 2. The van der Waals surface area contributed by atoms with Crippen LogP contribution in [-0.2, 0) is 30.5 Å². The number of unbranched alkanes of at least 4 members (excludes halogenated alkanes) is 1. The number of esters is 1. The molecule has 12 nitrogen and oxygen atoms in total. The van der Waals surface area contributed by atoms with Gasteiger partial charge < -0.3 is 36.7 Å². The Morgan fingerprint density at radius 2 is 1.31 bits per heavy atom. The molecular weight excluding hydrogens is 866 g/mol. The van der Waals surface area contributed by atoms with Crippen LogP contribution in [-0.4, -0.2) is 61.7 Å². The van der Waals surface area contributed by atoms with Crippen molar-refractivity contribution in [3.05, 3.63) is 108 Å². The second-order valence-corrected chi connectivity index (χ2v) is 18.5. The lowest BCUT2D eigenvalue weighted by atomic mass is 9.89. The highest BCUT2D eigenvalue weighted by molar-refractivity contribution is 6.31. The lowest BCUT2D eigenvalue weighted by molar-refractivity contribution is -0.152. The zero-order valence-electron chi connectivity index (χ0n) is 39.4. The van der Waals surface area contributed by atoms with Crippen molar-refractivity contribution < 1.29 is 33.4 Å². The van der Waals surface area contributed by atoms with E-state index in [4.69, 9.17) is 43.0 Å². The number of amides is 1. The van der Waals surface area contributed by atoms with Gasteiger partial charge in [-0.3, -0.25) is 24.2 Å². The molecule has 0 radical (unpaired) electrons. The van der Waals surface area contributed by atoms with Crippen LogP contribution in [0.3, 0.4) is 0 Å². The van der Waals surface area contributed by atoms with Gasteiger partial charge in [-0.05, 0) is 96.6 Å². The third-order valence-corrected chi connectivity index (χ3v) is 12.1. The number of rotatable bonds is 28. The molecule has 67 heavy (non-hydrogen) atoms. The number of ether oxygens (including phenoxy) is 3. The lowest BCUT2D eigenvalue weighted by Gasteiger charge is -2.24. The quantitative estimate of drug-likeness (QED) is 0.0162. The van der Waals surface area contributed by atoms with Crippen LogP contribution in [0.25, 0.3) is 32.7 Å². The van der Waals surface area contributed by atoms with E-state index < -0.39 is 29.8 Å². The molecule has 0 spiro atoms. The lowest BCUT2D eigenvalue weighted by Crippen LogP contribution is -2.45. The Kier molecular flexibility index (Phi) is 20.5. The number of benzene rings is 5. The number of halogens is 1. The number of aliphatic imine (C=N–C) groups is 1. The first-order valence-electron chi connectivity index (χ1n) is 23.5. The number of guanidine groups is 1. The molecule has 5 aromatic carbocycles. The zero-order chi connectivity index (χ0) is 48.3. The summed E-state index contributed by atoms with van der Waals surface area (Å²) < 4.78 is 18.6. The van der Waals surface area contributed by atoms with Crippen LogP contribution < -0.4 is 32.0 Å². The molecule has 0 saturated heterocycles. The number of fused-ring (bicyclic) bond motifs is 2. The first kappa shape index (κ1) is 52.0. The summed E-state index contributed by atoms with van der Waals surface area (Å²) in [5.41, 5.74) is 19.3. The van der Waals surface area contributed by atoms with Gasteiger partial charge in [-0.2, -0.15) is 0 Å². The van der Waals surface area contributed by atoms with Crippen molar-refractivity contribution in [2.24, 2.45) is 45.9 Å². The van der Waals surface area contributed by atoms with Gasteiger partial charge in [-0.1, -0.05) is 125 Å². The van der Waals surface area contributed by atoms with Gasteiger partial charge >= 0.3 is 5.97 Å². The molecule has 0 unspecified atom stereocenters. The minimum absolute atomic E-state index is 0.0402. The third kappa shape index (κ3) is 15.8. The summed E-state index contributed by atoms with van der Waals surface area (Å²) in [6.45, 7) is 9.10. The summed E-state index contributed by atoms with van der Waals surface area (Å²) in [6, 6.07) is 30.2. The minimum Gasteiger partial charge on any atom is -0.493 e. The number of carbonyl (C=O) groups excluding carboxylic acids is 4. The molecule has 13 heteroatoms. The highest BCUT2D eigenvalue weighted by atomic mass is 35.5. The predicted octanol–water partition coefficient (Wildman–Crippen LogP) is 9.72. The molecule has 0 fully saturated rings. The first-order chi connectivity index (χ1) is 32.2. The van der Waals surface area contributed by atoms with Gasteiger partial charge in [0, 0.05) is 47.0 Å². The van der Waals surface area contributed by atoms with Crippen molar-refractivity contribution in [2.45, 2.75) is 98.1 Å². The molecule has 0 aliphatic heterocycles. The Labute approximate surface area is 400 Å². The Morgan fingerprint density at radius 1 is 0.687 bits per heavy atom. The Morgan fingerprint density at radius 3 is 1.93 bits per heavy atom. The maximum Gasteiger partial charge on any atom is 0.309 e. The van der Waals surface area contributed by atoms with Crippen LogP contribution in [0.5, 0.6) is 11.5 Å².